The topological polar surface area (TPSA) is 87.9 Å². The molecule has 0 atom stereocenters. The van der Waals surface area contributed by atoms with Crippen molar-refractivity contribution >= 4 is 17.7 Å². The molecule has 0 saturated carbocycles. The molecule has 0 fully saturated rings. The lowest BCUT2D eigenvalue weighted by Gasteiger charge is -2.02. The third-order valence-electron chi connectivity index (χ3n) is 3.09. The van der Waals surface area contributed by atoms with E-state index in [4.69, 9.17) is 14.2 Å². The second-order valence-electron chi connectivity index (χ2n) is 4.59. The summed E-state index contributed by atoms with van der Waals surface area (Å²) >= 11 is 0. The minimum absolute atomic E-state index is 0.0837. The van der Waals surface area contributed by atoms with Gasteiger partial charge in [0.15, 0.2) is 11.5 Å². The summed E-state index contributed by atoms with van der Waals surface area (Å²) in [6, 6.07) is 10.9. The number of carbonyl (C=O) groups excluding carboxylic acids is 1. The van der Waals surface area contributed by atoms with Gasteiger partial charge < -0.3 is 14.2 Å². The molecule has 0 unspecified atom stereocenters. The average Bonchev–Trinajstić information content (AvgIpc) is 3.00. The Labute approximate surface area is 130 Å². The van der Waals surface area contributed by atoms with Crippen LogP contribution in [-0.2, 0) is 4.79 Å². The maximum Gasteiger partial charge on any atom is 0.336 e. The highest BCUT2D eigenvalue weighted by atomic mass is 16.7. The molecule has 0 bridgehead atoms. The molecular formula is C16H11NO6. The highest BCUT2D eigenvalue weighted by molar-refractivity contribution is 5.89. The van der Waals surface area contributed by atoms with Crippen LogP contribution in [0.15, 0.2) is 48.5 Å². The molecule has 116 valence electrons. The van der Waals surface area contributed by atoms with Gasteiger partial charge in [-0.1, -0.05) is 12.1 Å². The highest BCUT2D eigenvalue weighted by Crippen LogP contribution is 2.35. The number of hydrogen-bond donors (Lipinski definition) is 0. The molecule has 0 N–H and O–H groups in total. The summed E-state index contributed by atoms with van der Waals surface area (Å²) in [6.07, 6.45) is 2.47. The van der Waals surface area contributed by atoms with Gasteiger partial charge in [0.25, 0.3) is 5.69 Å². The predicted molar refractivity (Wildman–Crippen MR) is 80.3 cm³/mol. The number of ether oxygens (including phenoxy) is 3. The molecule has 2 aromatic carbocycles. The first-order chi connectivity index (χ1) is 11.1. The molecule has 0 spiro atoms. The summed E-state index contributed by atoms with van der Waals surface area (Å²) in [4.78, 5) is 22.2. The van der Waals surface area contributed by atoms with Crippen LogP contribution < -0.4 is 14.2 Å². The molecule has 1 aliphatic rings. The highest BCUT2D eigenvalue weighted by Gasteiger charge is 2.15. The van der Waals surface area contributed by atoms with Gasteiger partial charge in [-0.3, -0.25) is 10.1 Å². The molecule has 3 rings (SSSR count). The zero-order valence-corrected chi connectivity index (χ0v) is 11.8. The van der Waals surface area contributed by atoms with E-state index >= 15 is 0 Å². The van der Waals surface area contributed by atoms with Crippen molar-refractivity contribution in [1.82, 2.24) is 0 Å². The molecule has 23 heavy (non-hydrogen) atoms. The fraction of sp³-hybridized carbons (Fsp3) is 0.0625. The molecule has 0 radical (unpaired) electrons. The third kappa shape index (κ3) is 3.29. The van der Waals surface area contributed by atoms with Crippen LogP contribution in [0.5, 0.6) is 17.2 Å². The smallest absolute Gasteiger partial charge is 0.336 e. The molecule has 7 heteroatoms. The van der Waals surface area contributed by atoms with E-state index in [9.17, 15) is 14.9 Å². The van der Waals surface area contributed by atoms with Gasteiger partial charge in [-0.05, 0) is 24.3 Å². The summed E-state index contributed by atoms with van der Waals surface area (Å²) in [6.45, 7) is 0.129. The molecule has 2 aromatic rings. The van der Waals surface area contributed by atoms with Crippen molar-refractivity contribution in [2.24, 2.45) is 0 Å². The van der Waals surface area contributed by atoms with Crippen LogP contribution in [-0.4, -0.2) is 17.7 Å². The van der Waals surface area contributed by atoms with Gasteiger partial charge in [0.05, 0.1) is 10.5 Å². The van der Waals surface area contributed by atoms with Gasteiger partial charge in [-0.25, -0.2) is 4.79 Å². The van der Waals surface area contributed by atoms with Gasteiger partial charge in [0.1, 0.15) is 5.75 Å². The van der Waals surface area contributed by atoms with E-state index in [1.807, 2.05) is 0 Å². The van der Waals surface area contributed by atoms with Crippen LogP contribution in [0.25, 0.3) is 6.08 Å². The largest absolute Gasteiger partial charge is 0.454 e. The number of nitro groups is 1. The number of carbonyl (C=O) groups is 1. The fourth-order valence-electron chi connectivity index (χ4n) is 2.04. The Hall–Kier alpha value is -3.35. The van der Waals surface area contributed by atoms with Crippen molar-refractivity contribution in [2.45, 2.75) is 0 Å². The van der Waals surface area contributed by atoms with Crippen LogP contribution in [0.1, 0.15) is 5.56 Å². The maximum atomic E-state index is 11.8. The predicted octanol–water partition coefficient (Wildman–Crippen LogP) is 2.94. The van der Waals surface area contributed by atoms with E-state index < -0.39 is 10.9 Å². The Morgan fingerprint density at radius 3 is 2.78 bits per heavy atom. The number of hydrogen-bond acceptors (Lipinski definition) is 6. The zero-order chi connectivity index (χ0) is 16.2. The van der Waals surface area contributed by atoms with Crippen LogP contribution in [0.2, 0.25) is 0 Å². The van der Waals surface area contributed by atoms with Crippen LogP contribution in [0.4, 0.5) is 5.69 Å². The maximum absolute atomic E-state index is 11.8. The fourth-order valence-corrected chi connectivity index (χ4v) is 2.04. The van der Waals surface area contributed by atoms with Crippen molar-refractivity contribution in [3.8, 4) is 17.2 Å². The second-order valence-corrected chi connectivity index (χ2v) is 4.59. The van der Waals surface area contributed by atoms with E-state index in [1.165, 1.54) is 12.1 Å². The Balaban J connectivity index is 1.71. The van der Waals surface area contributed by atoms with Crippen LogP contribution in [0.3, 0.4) is 0 Å². The molecule has 0 aliphatic carbocycles. The number of nitro benzene ring substituents is 1. The van der Waals surface area contributed by atoms with E-state index in [0.29, 0.717) is 22.8 Å². The molecule has 0 amide bonds. The standard InChI is InChI=1S/C16H11NO6/c18-16(8-5-11-3-1-2-4-13(11)17(19)20)23-12-6-7-14-15(9-12)22-10-21-14/h1-9H,10H2. The number of para-hydroxylation sites is 1. The first-order valence-electron chi connectivity index (χ1n) is 6.66. The van der Waals surface area contributed by atoms with Gasteiger partial charge in [0, 0.05) is 18.2 Å². The van der Waals surface area contributed by atoms with Gasteiger partial charge in [-0.2, -0.15) is 0 Å². The number of esters is 1. The lowest BCUT2D eigenvalue weighted by molar-refractivity contribution is -0.385. The average molecular weight is 313 g/mol. The number of benzene rings is 2. The molecule has 1 aliphatic heterocycles. The number of fused-ring (bicyclic) bond motifs is 1. The minimum Gasteiger partial charge on any atom is -0.454 e. The van der Waals surface area contributed by atoms with Gasteiger partial charge in [-0.15, -0.1) is 0 Å². The number of nitrogens with zero attached hydrogens (tertiary/aromatic N) is 1. The molecule has 0 saturated heterocycles. The van der Waals surface area contributed by atoms with Crippen molar-refractivity contribution in [3.05, 3.63) is 64.2 Å². The normalized spacial score (nSPS) is 12.3. The summed E-state index contributed by atoms with van der Waals surface area (Å²) in [5, 5.41) is 10.9. The van der Waals surface area contributed by atoms with Gasteiger partial charge >= 0.3 is 5.97 Å². The first-order valence-corrected chi connectivity index (χ1v) is 6.66. The van der Waals surface area contributed by atoms with Crippen LogP contribution >= 0.6 is 0 Å². The summed E-state index contributed by atoms with van der Waals surface area (Å²) in [7, 11) is 0. The minimum atomic E-state index is -0.651. The Morgan fingerprint density at radius 1 is 1.17 bits per heavy atom. The Morgan fingerprint density at radius 2 is 1.96 bits per heavy atom. The summed E-state index contributed by atoms with van der Waals surface area (Å²) < 4.78 is 15.5. The summed E-state index contributed by atoms with van der Waals surface area (Å²) in [5.41, 5.74) is 0.236. The molecule has 7 nitrogen and oxygen atoms in total. The molecular weight excluding hydrogens is 302 g/mol. The van der Waals surface area contributed by atoms with E-state index in [-0.39, 0.29) is 12.5 Å². The third-order valence-corrected chi connectivity index (χ3v) is 3.09. The monoisotopic (exact) mass is 313 g/mol. The first kappa shape index (κ1) is 14.6. The van der Waals surface area contributed by atoms with E-state index in [1.54, 1.807) is 36.4 Å². The Bertz CT molecular complexity index is 799. The summed E-state index contributed by atoms with van der Waals surface area (Å²) in [5.74, 6) is 0.728. The lowest BCUT2D eigenvalue weighted by Crippen LogP contribution is -2.03. The van der Waals surface area contributed by atoms with Crippen molar-refractivity contribution in [2.75, 3.05) is 6.79 Å². The van der Waals surface area contributed by atoms with Crippen LogP contribution in [0, 0.1) is 10.1 Å². The van der Waals surface area contributed by atoms with Gasteiger partial charge in [0.2, 0.25) is 6.79 Å². The number of rotatable bonds is 4. The second kappa shape index (κ2) is 6.18. The quantitative estimate of drug-likeness (QED) is 0.283. The van der Waals surface area contributed by atoms with Crippen molar-refractivity contribution < 1.29 is 23.9 Å². The molecule has 0 aromatic heterocycles. The lowest BCUT2D eigenvalue weighted by atomic mass is 10.1. The zero-order valence-electron chi connectivity index (χ0n) is 11.8. The van der Waals surface area contributed by atoms with Crippen molar-refractivity contribution in [3.63, 3.8) is 0 Å². The van der Waals surface area contributed by atoms with Crippen molar-refractivity contribution in [1.29, 1.82) is 0 Å². The van der Waals surface area contributed by atoms with E-state index in [2.05, 4.69) is 0 Å². The van der Waals surface area contributed by atoms with E-state index in [0.717, 1.165) is 6.08 Å². The Kier molecular flexibility index (Phi) is 3.92. The SMILES string of the molecule is O=C(C=Cc1ccccc1[N+](=O)[O-])Oc1ccc2c(c1)OCO2. The molecule has 1 heterocycles.